The second kappa shape index (κ2) is 5.69. The third-order valence-corrected chi connectivity index (χ3v) is 3.88. The molecule has 24 heavy (non-hydrogen) atoms. The van der Waals surface area contributed by atoms with Crippen LogP contribution < -0.4 is 16.4 Å². The van der Waals surface area contributed by atoms with Crippen LogP contribution >= 0.6 is 0 Å². The molecular formula is C15H16N6O3. The lowest BCUT2D eigenvalue weighted by Crippen LogP contribution is -2.32. The first-order chi connectivity index (χ1) is 11.4. The molecule has 1 aliphatic rings. The Morgan fingerprint density at radius 1 is 1.21 bits per heavy atom. The second-order valence-electron chi connectivity index (χ2n) is 5.43. The quantitative estimate of drug-likeness (QED) is 0.758. The minimum absolute atomic E-state index is 0.203. The van der Waals surface area contributed by atoms with Crippen molar-refractivity contribution in [3.63, 3.8) is 0 Å². The van der Waals surface area contributed by atoms with Gasteiger partial charge in [0.15, 0.2) is 5.82 Å². The van der Waals surface area contributed by atoms with E-state index >= 15 is 0 Å². The standard InChI is InChI=1S/C15H16N6O3/c1-8(22)21(12-5-3-2-4-9(12)13(16)23)14-10-6-20(15(17)24)7-11(10)18-19-14/h2-5H,6-7H2,1H3,(H2,16,23)(H2,17,24)(H,18,19). The van der Waals surface area contributed by atoms with E-state index in [0.717, 1.165) is 0 Å². The molecule has 0 saturated heterocycles. The van der Waals surface area contributed by atoms with Crippen molar-refractivity contribution >= 4 is 29.4 Å². The van der Waals surface area contributed by atoms with E-state index in [0.29, 0.717) is 29.3 Å². The number of urea groups is 1. The molecule has 1 aromatic heterocycles. The number of carbonyl (C=O) groups is 3. The molecular weight excluding hydrogens is 312 g/mol. The smallest absolute Gasteiger partial charge is 0.315 e. The molecule has 1 aromatic carbocycles. The van der Waals surface area contributed by atoms with Crippen LogP contribution in [0.5, 0.6) is 0 Å². The van der Waals surface area contributed by atoms with Gasteiger partial charge >= 0.3 is 6.03 Å². The number of para-hydroxylation sites is 1. The summed E-state index contributed by atoms with van der Waals surface area (Å²) in [7, 11) is 0. The lowest BCUT2D eigenvalue weighted by molar-refractivity contribution is -0.115. The number of nitrogens with two attached hydrogens (primary N) is 2. The summed E-state index contributed by atoms with van der Waals surface area (Å²) in [5.41, 5.74) is 12.6. The molecule has 9 heteroatoms. The lowest BCUT2D eigenvalue weighted by Gasteiger charge is -2.22. The number of fused-ring (bicyclic) bond motifs is 1. The Hall–Kier alpha value is -3.36. The number of primary amides is 2. The Bertz CT molecular complexity index is 843. The Balaban J connectivity index is 2.09. The molecule has 5 N–H and O–H groups in total. The van der Waals surface area contributed by atoms with Gasteiger partial charge in [0.2, 0.25) is 5.91 Å². The minimum Gasteiger partial charge on any atom is -0.366 e. The molecule has 0 fully saturated rings. The predicted molar refractivity (Wildman–Crippen MR) is 85.2 cm³/mol. The van der Waals surface area contributed by atoms with Crippen LogP contribution in [0.15, 0.2) is 24.3 Å². The fourth-order valence-electron chi connectivity index (χ4n) is 2.78. The first kappa shape index (κ1) is 15.5. The summed E-state index contributed by atoms with van der Waals surface area (Å²) >= 11 is 0. The molecule has 1 aliphatic heterocycles. The van der Waals surface area contributed by atoms with Crippen molar-refractivity contribution in [1.82, 2.24) is 15.1 Å². The first-order valence-electron chi connectivity index (χ1n) is 7.20. The number of nitrogens with zero attached hydrogens (tertiary/aromatic N) is 3. The van der Waals surface area contributed by atoms with Crippen molar-refractivity contribution in [2.45, 2.75) is 20.0 Å². The third-order valence-electron chi connectivity index (χ3n) is 3.88. The zero-order valence-corrected chi connectivity index (χ0v) is 12.9. The number of nitrogens with one attached hydrogen (secondary N) is 1. The maximum atomic E-state index is 12.2. The number of H-pyrrole nitrogens is 1. The Morgan fingerprint density at radius 3 is 2.54 bits per heavy atom. The van der Waals surface area contributed by atoms with Gasteiger partial charge in [0.05, 0.1) is 30.0 Å². The van der Waals surface area contributed by atoms with Crippen LogP contribution in [0.25, 0.3) is 0 Å². The van der Waals surface area contributed by atoms with E-state index in [9.17, 15) is 14.4 Å². The Morgan fingerprint density at radius 2 is 1.92 bits per heavy atom. The monoisotopic (exact) mass is 328 g/mol. The average molecular weight is 328 g/mol. The molecule has 9 nitrogen and oxygen atoms in total. The number of anilines is 2. The molecule has 0 saturated carbocycles. The molecule has 0 spiro atoms. The molecule has 4 amide bonds. The van der Waals surface area contributed by atoms with Crippen molar-refractivity contribution in [2.24, 2.45) is 11.5 Å². The summed E-state index contributed by atoms with van der Waals surface area (Å²) in [6.45, 7) is 1.89. The Kier molecular flexibility index (Phi) is 3.68. The van der Waals surface area contributed by atoms with Crippen molar-refractivity contribution in [2.75, 3.05) is 4.90 Å². The molecule has 0 unspecified atom stereocenters. The van der Waals surface area contributed by atoms with E-state index < -0.39 is 11.9 Å². The highest BCUT2D eigenvalue weighted by Crippen LogP contribution is 2.35. The minimum atomic E-state index is -0.650. The van der Waals surface area contributed by atoms with E-state index in [1.807, 2.05) is 0 Å². The average Bonchev–Trinajstić information content (AvgIpc) is 3.09. The summed E-state index contributed by atoms with van der Waals surface area (Å²) in [6, 6.07) is 5.95. The largest absolute Gasteiger partial charge is 0.366 e. The highest BCUT2D eigenvalue weighted by Gasteiger charge is 2.32. The van der Waals surface area contributed by atoms with Gasteiger partial charge in [-0.1, -0.05) is 12.1 Å². The van der Waals surface area contributed by atoms with Gasteiger partial charge < -0.3 is 16.4 Å². The van der Waals surface area contributed by atoms with Crippen LogP contribution in [-0.4, -0.2) is 32.9 Å². The maximum Gasteiger partial charge on any atom is 0.315 e. The van der Waals surface area contributed by atoms with Crippen LogP contribution in [0.2, 0.25) is 0 Å². The number of carbonyl (C=O) groups excluding carboxylic acids is 3. The highest BCUT2D eigenvalue weighted by atomic mass is 16.2. The number of amides is 4. The van der Waals surface area contributed by atoms with Gasteiger partial charge in [0, 0.05) is 12.5 Å². The zero-order valence-electron chi connectivity index (χ0n) is 12.9. The third kappa shape index (κ3) is 2.45. The number of rotatable bonds is 3. The van der Waals surface area contributed by atoms with Gasteiger partial charge in [-0.3, -0.25) is 19.6 Å². The highest BCUT2D eigenvalue weighted by molar-refractivity contribution is 6.07. The second-order valence-corrected chi connectivity index (χ2v) is 5.43. The van der Waals surface area contributed by atoms with Crippen molar-refractivity contribution in [3.8, 4) is 0 Å². The van der Waals surface area contributed by atoms with Crippen LogP contribution in [-0.2, 0) is 17.9 Å². The van der Waals surface area contributed by atoms with Crippen LogP contribution in [0.1, 0.15) is 28.5 Å². The molecule has 0 atom stereocenters. The van der Waals surface area contributed by atoms with E-state index in [2.05, 4.69) is 10.2 Å². The number of aromatic nitrogens is 2. The van der Waals surface area contributed by atoms with Crippen molar-refractivity contribution < 1.29 is 14.4 Å². The van der Waals surface area contributed by atoms with Gasteiger partial charge in [-0.25, -0.2) is 4.79 Å². The van der Waals surface area contributed by atoms with Gasteiger partial charge in [0.25, 0.3) is 5.91 Å². The van der Waals surface area contributed by atoms with E-state index in [4.69, 9.17) is 11.5 Å². The molecule has 0 bridgehead atoms. The van der Waals surface area contributed by atoms with Crippen LogP contribution in [0.4, 0.5) is 16.3 Å². The molecule has 2 aromatic rings. The number of hydrogen-bond donors (Lipinski definition) is 3. The number of aromatic amines is 1. The number of hydrogen-bond acceptors (Lipinski definition) is 4. The topological polar surface area (TPSA) is 138 Å². The summed E-state index contributed by atoms with van der Waals surface area (Å²) in [5.74, 6) is -0.659. The summed E-state index contributed by atoms with van der Waals surface area (Å²) in [4.78, 5) is 38.0. The Labute approximate surface area is 137 Å². The van der Waals surface area contributed by atoms with Crippen molar-refractivity contribution in [3.05, 3.63) is 41.1 Å². The van der Waals surface area contributed by atoms with E-state index in [1.54, 1.807) is 18.2 Å². The normalized spacial score (nSPS) is 12.8. The van der Waals surface area contributed by atoms with Gasteiger partial charge in [-0.05, 0) is 12.1 Å². The fourth-order valence-corrected chi connectivity index (χ4v) is 2.78. The first-order valence-corrected chi connectivity index (χ1v) is 7.20. The lowest BCUT2D eigenvalue weighted by atomic mass is 10.1. The van der Waals surface area contributed by atoms with E-state index in [1.165, 1.54) is 22.8 Å². The van der Waals surface area contributed by atoms with Crippen LogP contribution in [0.3, 0.4) is 0 Å². The predicted octanol–water partition coefficient (Wildman–Crippen LogP) is 0.587. The van der Waals surface area contributed by atoms with Crippen molar-refractivity contribution in [1.29, 1.82) is 0 Å². The van der Waals surface area contributed by atoms with Gasteiger partial charge in [-0.15, -0.1) is 0 Å². The zero-order chi connectivity index (χ0) is 17.4. The molecule has 2 heterocycles. The molecule has 3 rings (SSSR count). The number of benzene rings is 1. The van der Waals surface area contributed by atoms with Gasteiger partial charge in [-0.2, -0.15) is 5.10 Å². The van der Waals surface area contributed by atoms with E-state index in [-0.39, 0.29) is 18.0 Å². The molecule has 0 aliphatic carbocycles. The summed E-state index contributed by atoms with van der Waals surface area (Å²) in [6.07, 6.45) is 0. The summed E-state index contributed by atoms with van der Waals surface area (Å²) in [5, 5.41) is 6.99. The summed E-state index contributed by atoms with van der Waals surface area (Å²) < 4.78 is 0. The molecule has 124 valence electrons. The molecule has 0 radical (unpaired) electrons. The van der Waals surface area contributed by atoms with Crippen LogP contribution in [0, 0.1) is 0 Å². The van der Waals surface area contributed by atoms with Gasteiger partial charge in [0.1, 0.15) is 0 Å². The fraction of sp³-hybridized carbons (Fsp3) is 0.200. The SMILES string of the molecule is CC(=O)N(c1ccccc1C(N)=O)c1n[nH]c2c1CN(C(N)=O)C2. The maximum absolute atomic E-state index is 12.2.